The van der Waals surface area contributed by atoms with Gasteiger partial charge >= 0.3 is 0 Å². The van der Waals surface area contributed by atoms with Gasteiger partial charge in [-0.1, -0.05) is 108 Å². The van der Waals surface area contributed by atoms with E-state index in [2.05, 4.69) is 5.32 Å². The number of benzene rings is 4. The predicted molar refractivity (Wildman–Crippen MR) is 181 cm³/mol. The van der Waals surface area contributed by atoms with Crippen LogP contribution in [-0.4, -0.2) is 43.8 Å². The second-order valence-corrected chi connectivity index (χ2v) is 13.7. The Bertz CT molecular complexity index is 1720. The van der Waals surface area contributed by atoms with Gasteiger partial charge in [0.05, 0.1) is 15.6 Å². The minimum absolute atomic E-state index is 0.0307. The van der Waals surface area contributed by atoms with E-state index in [1.165, 1.54) is 35.2 Å². The molecular formula is C34H34Cl3N3O4S. The van der Waals surface area contributed by atoms with Crippen LogP contribution in [0.4, 0.5) is 5.69 Å². The van der Waals surface area contributed by atoms with E-state index in [0.29, 0.717) is 22.0 Å². The molecule has 0 heterocycles. The summed E-state index contributed by atoms with van der Waals surface area (Å²) in [5.74, 6) is -0.990. The van der Waals surface area contributed by atoms with Gasteiger partial charge in [-0.15, -0.1) is 0 Å². The first-order valence-corrected chi connectivity index (χ1v) is 17.0. The fraction of sp³-hybridized carbons (Fsp3) is 0.235. The number of anilines is 1. The molecule has 4 aromatic rings. The highest BCUT2D eigenvalue weighted by molar-refractivity contribution is 7.92. The van der Waals surface area contributed by atoms with Crippen molar-refractivity contribution in [3.8, 4) is 0 Å². The zero-order valence-corrected chi connectivity index (χ0v) is 28.0. The zero-order valence-electron chi connectivity index (χ0n) is 24.9. The average Bonchev–Trinajstić information content (AvgIpc) is 3.03. The van der Waals surface area contributed by atoms with E-state index in [0.717, 1.165) is 9.87 Å². The van der Waals surface area contributed by atoms with Crippen molar-refractivity contribution in [1.29, 1.82) is 0 Å². The molecule has 1 N–H and O–H groups in total. The summed E-state index contributed by atoms with van der Waals surface area (Å²) < 4.78 is 29.1. The third-order valence-electron chi connectivity index (χ3n) is 7.36. The molecule has 0 radical (unpaired) electrons. The molecule has 4 aromatic carbocycles. The third-order valence-corrected chi connectivity index (χ3v) is 10.0. The molecule has 0 aliphatic heterocycles. The Kier molecular flexibility index (Phi) is 11.9. The standard InChI is InChI=1S/C34H34Cl3N3O4S/c1-3-24(2)38-34(42)32(20-25-12-6-4-7-13-25)39(22-26-14-10-11-17-29(26)36)33(41)23-40(31-19-18-27(35)21-30(31)37)45(43,44)28-15-8-5-9-16-28/h4-19,21,24,32H,3,20,22-23H2,1-2H3,(H,38,42)/t24-,32-/m1/s1. The van der Waals surface area contributed by atoms with E-state index in [1.54, 1.807) is 42.5 Å². The molecule has 7 nitrogen and oxygen atoms in total. The Morgan fingerprint density at radius 1 is 0.822 bits per heavy atom. The van der Waals surface area contributed by atoms with Crippen LogP contribution in [0, 0.1) is 0 Å². The zero-order chi connectivity index (χ0) is 32.6. The van der Waals surface area contributed by atoms with E-state index >= 15 is 0 Å². The van der Waals surface area contributed by atoms with Crippen LogP contribution in [0.25, 0.3) is 0 Å². The smallest absolute Gasteiger partial charge is 0.264 e. The number of carbonyl (C=O) groups is 2. The van der Waals surface area contributed by atoms with Crippen molar-refractivity contribution in [1.82, 2.24) is 10.2 Å². The molecule has 0 aliphatic rings. The lowest BCUT2D eigenvalue weighted by atomic mass is 10.0. The van der Waals surface area contributed by atoms with Gasteiger partial charge in [0.2, 0.25) is 11.8 Å². The Morgan fingerprint density at radius 3 is 2.07 bits per heavy atom. The van der Waals surface area contributed by atoms with Gasteiger partial charge in [-0.05, 0) is 60.9 Å². The summed E-state index contributed by atoms with van der Waals surface area (Å²) in [4.78, 5) is 29.8. The highest BCUT2D eigenvalue weighted by Gasteiger charge is 2.35. The first-order valence-electron chi connectivity index (χ1n) is 14.4. The largest absolute Gasteiger partial charge is 0.352 e. The van der Waals surface area contributed by atoms with Gasteiger partial charge in [-0.3, -0.25) is 13.9 Å². The summed E-state index contributed by atoms with van der Waals surface area (Å²) in [6.45, 7) is 3.14. The van der Waals surface area contributed by atoms with E-state index in [1.807, 2.05) is 44.2 Å². The Hall–Kier alpha value is -3.56. The predicted octanol–water partition coefficient (Wildman–Crippen LogP) is 7.40. The molecule has 0 saturated carbocycles. The quantitative estimate of drug-likeness (QED) is 0.159. The Labute approximate surface area is 279 Å². The number of carbonyl (C=O) groups excluding carboxylic acids is 2. The molecular weight excluding hydrogens is 653 g/mol. The van der Waals surface area contributed by atoms with Crippen molar-refractivity contribution in [2.24, 2.45) is 0 Å². The number of rotatable bonds is 13. The fourth-order valence-electron chi connectivity index (χ4n) is 4.72. The van der Waals surface area contributed by atoms with Crippen LogP contribution in [0.15, 0.2) is 108 Å². The molecule has 0 bridgehead atoms. The van der Waals surface area contributed by atoms with E-state index < -0.39 is 28.5 Å². The second kappa shape index (κ2) is 15.6. The number of hydrogen-bond acceptors (Lipinski definition) is 4. The van der Waals surface area contributed by atoms with Crippen LogP contribution in [0.3, 0.4) is 0 Å². The minimum atomic E-state index is -4.30. The van der Waals surface area contributed by atoms with Gasteiger partial charge in [-0.2, -0.15) is 0 Å². The monoisotopic (exact) mass is 685 g/mol. The van der Waals surface area contributed by atoms with Gasteiger partial charge < -0.3 is 10.2 Å². The lowest BCUT2D eigenvalue weighted by Crippen LogP contribution is -2.54. The highest BCUT2D eigenvalue weighted by atomic mass is 35.5. The normalized spacial score (nSPS) is 12.6. The maximum Gasteiger partial charge on any atom is 0.264 e. The van der Waals surface area contributed by atoms with Crippen LogP contribution in [0.1, 0.15) is 31.4 Å². The minimum Gasteiger partial charge on any atom is -0.352 e. The van der Waals surface area contributed by atoms with Crippen molar-refractivity contribution in [3.05, 3.63) is 129 Å². The van der Waals surface area contributed by atoms with Crippen molar-refractivity contribution < 1.29 is 18.0 Å². The number of halogens is 3. The second-order valence-electron chi connectivity index (χ2n) is 10.6. The lowest BCUT2D eigenvalue weighted by Gasteiger charge is -2.34. The van der Waals surface area contributed by atoms with E-state index in [9.17, 15) is 18.0 Å². The topological polar surface area (TPSA) is 86.8 Å². The molecule has 4 rings (SSSR count). The van der Waals surface area contributed by atoms with Gasteiger partial charge in [-0.25, -0.2) is 8.42 Å². The van der Waals surface area contributed by atoms with Crippen molar-refractivity contribution in [3.63, 3.8) is 0 Å². The van der Waals surface area contributed by atoms with Crippen molar-refractivity contribution >= 4 is 62.3 Å². The van der Waals surface area contributed by atoms with Crippen molar-refractivity contribution in [2.75, 3.05) is 10.8 Å². The summed E-state index contributed by atoms with van der Waals surface area (Å²) >= 11 is 19.2. The molecule has 0 aliphatic carbocycles. The molecule has 0 fully saturated rings. The summed E-state index contributed by atoms with van der Waals surface area (Å²) in [5, 5.41) is 3.76. The van der Waals surface area contributed by atoms with Crippen LogP contribution in [0.5, 0.6) is 0 Å². The number of nitrogens with one attached hydrogen (secondary N) is 1. The number of amides is 2. The first kappa shape index (κ1) is 34.3. The summed E-state index contributed by atoms with van der Waals surface area (Å²) in [5.41, 5.74) is 1.50. The van der Waals surface area contributed by atoms with Crippen LogP contribution >= 0.6 is 34.8 Å². The van der Waals surface area contributed by atoms with Gasteiger partial charge in [0.25, 0.3) is 10.0 Å². The van der Waals surface area contributed by atoms with Crippen LogP contribution in [-0.2, 0) is 32.6 Å². The fourth-order valence-corrected chi connectivity index (χ4v) is 6.93. The van der Waals surface area contributed by atoms with Gasteiger partial charge in [0.15, 0.2) is 0 Å². The number of sulfonamides is 1. The van der Waals surface area contributed by atoms with Gasteiger partial charge in [0, 0.05) is 29.1 Å². The molecule has 45 heavy (non-hydrogen) atoms. The van der Waals surface area contributed by atoms with E-state index in [-0.39, 0.29) is 40.5 Å². The Morgan fingerprint density at radius 2 is 1.44 bits per heavy atom. The number of nitrogens with zero attached hydrogens (tertiary/aromatic N) is 2. The van der Waals surface area contributed by atoms with Crippen LogP contribution in [0.2, 0.25) is 15.1 Å². The Balaban J connectivity index is 1.83. The summed E-state index contributed by atoms with van der Waals surface area (Å²) in [7, 11) is -4.30. The first-order chi connectivity index (χ1) is 21.5. The molecule has 0 spiro atoms. The summed E-state index contributed by atoms with van der Waals surface area (Å²) in [6.07, 6.45) is 0.868. The molecule has 0 aromatic heterocycles. The average molecular weight is 687 g/mol. The molecule has 236 valence electrons. The molecule has 0 saturated heterocycles. The SMILES string of the molecule is CC[C@@H](C)NC(=O)[C@@H](Cc1ccccc1)N(Cc1ccccc1Cl)C(=O)CN(c1ccc(Cl)cc1Cl)S(=O)(=O)c1ccccc1. The van der Waals surface area contributed by atoms with Gasteiger partial charge in [0.1, 0.15) is 12.6 Å². The molecule has 11 heteroatoms. The van der Waals surface area contributed by atoms with E-state index in [4.69, 9.17) is 34.8 Å². The number of hydrogen-bond donors (Lipinski definition) is 1. The van der Waals surface area contributed by atoms with Crippen molar-refractivity contribution in [2.45, 2.75) is 50.2 Å². The molecule has 2 amide bonds. The molecule has 0 unspecified atom stereocenters. The third kappa shape index (κ3) is 8.79. The van der Waals surface area contributed by atoms with Crippen LogP contribution < -0.4 is 9.62 Å². The maximum absolute atomic E-state index is 14.5. The summed E-state index contributed by atoms with van der Waals surface area (Å²) in [6, 6.07) is 27.3. The maximum atomic E-state index is 14.5. The lowest BCUT2D eigenvalue weighted by molar-refractivity contribution is -0.140. The highest BCUT2D eigenvalue weighted by Crippen LogP contribution is 2.33. The molecule has 2 atom stereocenters.